The van der Waals surface area contributed by atoms with Crippen LogP contribution in [0, 0.1) is 15.5 Å². The van der Waals surface area contributed by atoms with Crippen molar-refractivity contribution in [3.8, 4) is 11.5 Å². The number of anilines is 1. The molecule has 0 bridgehead atoms. The monoisotopic (exact) mass is 586 g/mol. The summed E-state index contributed by atoms with van der Waals surface area (Å²) < 4.78 is 11.4. The highest BCUT2D eigenvalue weighted by Crippen LogP contribution is 2.62. The van der Waals surface area contributed by atoms with Crippen LogP contribution in [0.3, 0.4) is 0 Å². The number of nitro benzene ring substituents is 1. The van der Waals surface area contributed by atoms with Crippen LogP contribution >= 0.6 is 0 Å². The van der Waals surface area contributed by atoms with E-state index in [4.69, 9.17) is 9.47 Å². The predicted octanol–water partition coefficient (Wildman–Crippen LogP) is 5.93. The Morgan fingerprint density at radius 3 is 2.25 bits per heavy atom. The van der Waals surface area contributed by atoms with Crippen LogP contribution in [-0.2, 0) is 0 Å². The van der Waals surface area contributed by atoms with E-state index in [0.29, 0.717) is 33.9 Å². The van der Waals surface area contributed by atoms with Gasteiger partial charge in [0.15, 0.2) is 17.3 Å². The van der Waals surface area contributed by atoms with E-state index in [-0.39, 0.29) is 22.8 Å². The first-order valence-electron chi connectivity index (χ1n) is 14.1. The molecule has 7 rings (SSSR count). The van der Waals surface area contributed by atoms with Crippen LogP contribution in [0.15, 0.2) is 97.1 Å². The quantitative estimate of drug-likeness (QED) is 0.118. The Balaban J connectivity index is 1.58. The standard InChI is InChI=1S/C35H26N2O7/c1-43-23-15-16-28(44-2)26(19-23)30-31(32(38)21-9-7-10-22(18-21)37(41)42)36-27-13-6-3-8-20(27)14-17-29(36)35(30)33(39)24-11-4-5-12-25(24)34(35)40/h3-19,29-31H,1-2H3/t29-,30+,31-/m0/s1. The molecule has 9 nitrogen and oxygen atoms in total. The fourth-order valence-electron chi connectivity index (χ4n) is 7.29. The summed E-state index contributed by atoms with van der Waals surface area (Å²) in [5.41, 5.74) is 0.609. The highest BCUT2D eigenvalue weighted by atomic mass is 16.6. The molecule has 2 aliphatic heterocycles. The van der Waals surface area contributed by atoms with Gasteiger partial charge in [0.25, 0.3) is 5.69 Å². The van der Waals surface area contributed by atoms with Crippen molar-refractivity contribution in [2.24, 2.45) is 5.41 Å². The van der Waals surface area contributed by atoms with Gasteiger partial charge in [-0.2, -0.15) is 0 Å². The van der Waals surface area contributed by atoms with Crippen molar-refractivity contribution in [3.05, 3.63) is 135 Å². The molecule has 9 heteroatoms. The average Bonchev–Trinajstić information content (AvgIpc) is 3.50. The second-order valence-corrected chi connectivity index (χ2v) is 11.0. The summed E-state index contributed by atoms with van der Waals surface area (Å²) in [6.07, 6.45) is 3.70. The molecular formula is C35H26N2O7. The molecule has 4 aromatic carbocycles. The number of rotatable bonds is 6. The molecule has 0 aromatic heterocycles. The lowest BCUT2D eigenvalue weighted by molar-refractivity contribution is -0.384. The molecule has 218 valence electrons. The van der Waals surface area contributed by atoms with E-state index in [0.717, 1.165) is 5.56 Å². The maximum absolute atomic E-state index is 14.9. The topological polar surface area (TPSA) is 116 Å². The van der Waals surface area contributed by atoms with E-state index in [1.165, 1.54) is 38.5 Å². The number of methoxy groups -OCH3 is 2. The van der Waals surface area contributed by atoms with Crippen molar-refractivity contribution >= 4 is 34.8 Å². The Morgan fingerprint density at radius 2 is 1.57 bits per heavy atom. The molecule has 0 N–H and O–H groups in total. The van der Waals surface area contributed by atoms with Gasteiger partial charge in [0.05, 0.1) is 25.2 Å². The first-order valence-corrected chi connectivity index (χ1v) is 14.1. The summed E-state index contributed by atoms with van der Waals surface area (Å²) >= 11 is 0. The number of benzene rings is 4. The average molecular weight is 587 g/mol. The number of Topliss-reactive ketones (excluding diaryl/α,β-unsaturated/α-hetero) is 3. The molecular weight excluding hydrogens is 560 g/mol. The minimum Gasteiger partial charge on any atom is -0.497 e. The van der Waals surface area contributed by atoms with Gasteiger partial charge in [0.2, 0.25) is 0 Å². The first-order chi connectivity index (χ1) is 21.3. The number of nitro groups is 1. The number of carbonyl (C=O) groups excluding carboxylic acids is 3. The van der Waals surface area contributed by atoms with Crippen molar-refractivity contribution in [1.82, 2.24) is 0 Å². The smallest absolute Gasteiger partial charge is 0.270 e. The summed E-state index contributed by atoms with van der Waals surface area (Å²) in [5.74, 6) is -1.48. The van der Waals surface area contributed by atoms with E-state index in [1.54, 1.807) is 42.5 Å². The number of hydrogen-bond donors (Lipinski definition) is 0. The third-order valence-corrected chi connectivity index (χ3v) is 9.10. The largest absolute Gasteiger partial charge is 0.497 e. The fraction of sp³-hybridized carbons (Fsp3) is 0.171. The van der Waals surface area contributed by atoms with Crippen molar-refractivity contribution in [2.75, 3.05) is 19.1 Å². The molecule has 1 fully saturated rings. The molecule has 0 radical (unpaired) electrons. The summed E-state index contributed by atoms with van der Waals surface area (Å²) in [6, 6.07) is 22.8. The Hall–Kier alpha value is -5.57. The normalized spacial score (nSPS) is 20.7. The molecule has 1 aliphatic carbocycles. The molecule has 44 heavy (non-hydrogen) atoms. The summed E-state index contributed by atoms with van der Waals surface area (Å²) in [4.78, 5) is 57.5. The minimum absolute atomic E-state index is 0.0920. The summed E-state index contributed by atoms with van der Waals surface area (Å²) in [5, 5.41) is 11.7. The number of ether oxygens (including phenoxy) is 2. The van der Waals surface area contributed by atoms with Gasteiger partial charge in [-0.15, -0.1) is 0 Å². The lowest BCUT2D eigenvalue weighted by Crippen LogP contribution is -2.48. The lowest BCUT2D eigenvalue weighted by atomic mass is 9.64. The molecule has 3 atom stereocenters. The molecule has 4 aromatic rings. The Labute approximate surface area is 252 Å². The van der Waals surface area contributed by atoms with E-state index in [2.05, 4.69) is 0 Å². The third kappa shape index (κ3) is 3.62. The second kappa shape index (κ2) is 10.0. The molecule has 0 amide bonds. The first kappa shape index (κ1) is 27.3. The number of carbonyl (C=O) groups is 3. The maximum atomic E-state index is 14.9. The number of nitrogens with zero attached hydrogens (tertiary/aromatic N) is 2. The van der Waals surface area contributed by atoms with Crippen LogP contribution < -0.4 is 14.4 Å². The molecule has 0 saturated carbocycles. The molecule has 0 unspecified atom stereocenters. The molecule has 1 spiro atoms. The van der Waals surface area contributed by atoms with Gasteiger partial charge in [-0.3, -0.25) is 24.5 Å². The van der Waals surface area contributed by atoms with Crippen LogP contribution in [0.5, 0.6) is 11.5 Å². The van der Waals surface area contributed by atoms with Crippen LogP contribution in [-0.4, -0.2) is 48.6 Å². The Kier molecular flexibility index (Phi) is 6.21. The second-order valence-electron chi connectivity index (χ2n) is 11.0. The molecule has 1 saturated heterocycles. The van der Waals surface area contributed by atoms with Crippen LogP contribution in [0.25, 0.3) is 6.08 Å². The van der Waals surface area contributed by atoms with Crippen molar-refractivity contribution in [3.63, 3.8) is 0 Å². The third-order valence-electron chi connectivity index (χ3n) is 9.10. The number of hydrogen-bond acceptors (Lipinski definition) is 8. The Morgan fingerprint density at radius 1 is 0.864 bits per heavy atom. The fourth-order valence-corrected chi connectivity index (χ4v) is 7.29. The van der Waals surface area contributed by atoms with Crippen LogP contribution in [0.1, 0.15) is 48.1 Å². The highest BCUT2D eigenvalue weighted by molar-refractivity contribution is 6.32. The maximum Gasteiger partial charge on any atom is 0.270 e. The van der Waals surface area contributed by atoms with Gasteiger partial charge in [-0.25, -0.2) is 0 Å². The van der Waals surface area contributed by atoms with Crippen LogP contribution in [0.2, 0.25) is 0 Å². The Bertz CT molecular complexity index is 1890. The van der Waals surface area contributed by atoms with Crippen LogP contribution in [0.4, 0.5) is 11.4 Å². The predicted molar refractivity (Wildman–Crippen MR) is 163 cm³/mol. The zero-order chi connectivity index (χ0) is 30.7. The molecule has 2 heterocycles. The van der Waals surface area contributed by atoms with Crippen molar-refractivity contribution in [2.45, 2.75) is 18.0 Å². The van der Waals surface area contributed by atoms with Crippen molar-refractivity contribution < 1.29 is 28.8 Å². The highest BCUT2D eigenvalue weighted by Gasteiger charge is 2.72. The van der Waals surface area contributed by atoms with Gasteiger partial charge in [-0.1, -0.05) is 66.7 Å². The van der Waals surface area contributed by atoms with Gasteiger partial charge >= 0.3 is 0 Å². The number of para-hydroxylation sites is 1. The van der Waals surface area contributed by atoms with Crippen molar-refractivity contribution in [1.29, 1.82) is 0 Å². The number of non-ortho nitro benzene ring substituents is 1. The zero-order valence-corrected chi connectivity index (χ0v) is 23.8. The van der Waals surface area contributed by atoms with Gasteiger partial charge in [-0.05, 0) is 29.8 Å². The summed E-state index contributed by atoms with van der Waals surface area (Å²) in [6.45, 7) is 0. The van der Waals surface area contributed by atoms with E-state index in [9.17, 15) is 24.5 Å². The van der Waals surface area contributed by atoms with Gasteiger partial charge in [0, 0.05) is 46.0 Å². The summed E-state index contributed by atoms with van der Waals surface area (Å²) in [7, 11) is 2.99. The lowest BCUT2D eigenvalue weighted by Gasteiger charge is -2.37. The molecule has 3 aliphatic rings. The number of fused-ring (bicyclic) bond motifs is 5. The minimum atomic E-state index is -1.76. The SMILES string of the molecule is COc1ccc(OC)c([C@@H]2[C@@H](C(=O)c3cccc([N+](=O)[O-])c3)N3c4ccccc4C=C[C@H]3C23C(=O)c2ccccc2C3=O)c1. The number of ketones is 3. The van der Waals surface area contributed by atoms with E-state index >= 15 is 0 Å². The van der Waals surface area contributed by atoms with E-state index in [1.807, 2.05) is 41.3 Å². The van der Waals surface area contributed by atoms with E-state index < -0.39 is 34.1 Å². The van der Waals surface area contributed by atoms with Gasteiger partial charge in [0.1, 0.15) is 23.0 Å². The van der Waals surface area contributed by atoms with Gasteiger partial charge < -0.3 is 14.4 Å². The zero-order valence-electron chi connectivity index (χ0n) is 23.8.